The molecule has 0 aromatic carbocycles. The second-order valence-electron chi connectivity index (χ2n) is 0. The maximum atomic E-state index is 6.75. The molecule has 0 bridgehead atoms. The fourth-order valence-electron chi connectivity index (χ4n) is 0. The molecule has 1 nitrogen and oxygen atoms in total. The van der Waals surface area contributed by atoms with E-state index in [1.54, 1.807) is 0 Å². The number of hydrogen-bond acceptors (Lipinski definition) is 1. The van der Waals surface area contributed by atoms with Crippen molar-refractivity contribution >= 4 is 17.4 Å². The first-order valence-corrected chi connectivity index (χ1v) is 0.652. The molecule has 0 spiro atoms. The zero-order valence-corrected chi connectivity index (χ0v) is 3.21. The van der Waals surface area contributed by atoms with E-state index in [-0.39, 0.29) is 33.9 Å². The van der Waals surface area contributed by atoms with Gasteiger partial charge < -0.3 is 0 Å². The zero-order chi connectivity index (χ0) is 2.00. The molecule has 31 valence electrons. The summed E-state index contributed by atoms with van der Waals surface area (Å²) in [6.07, 6.45) is 0. The van der Waals surface area contributed by atoms with Crippen LogP contribution in [-0.4, -0.2) is 21.5 Å². The fourth-order valence-corrected chi connectivity index (χ4v) is 0. The average molecular weight is 162 g/mol. The van der Waals surface area contributed by atoms with E-state index >= 15 is 0 Å². The molecule has 0 saturated heterocycles. The summed E-state index contributed by atoms with van der Waals surface area (Å²) in [5, 5.41) is 0. The molecule has 0 rings (SSSR count). The minimum absolute atomic E-state index is 0. The summed E-state index contributed by atoms with van der Waals surface area (Å²) < 4.78 is 6.75. The Hall–Kier alpha value is 1.51. The molecule has 0 aromatic rings. The third-order valence-electron chi connectivity index (χ3n) is 0. The average Bonchev–Trinajstić information content (AvgIpc) is 1.00. The SMILES string of the molecule is [AlH3].[Ni].[OH][Fe]. The Labute approximate surface area is 54.4 Å². The monoisotopic (exact) mass is 161 g/mol. The maximum absolute atomic E-state index is 6.75. The summed E-state index contributed by atoms with van der Waals surface area (Å²) in [6.45, 7) is 0. The van der Waals surface area contributed by atoms with Gasteiger partial charge in [-0.05, 0) is 0 Å². The van der Waals surface area contributed by atoms with Crippen LogP contribution in [0.5, 0.6) is 0 Å². The van der Waals surface area contributed by atoms with Crippen LogP contribution in [0.3, 0.4) is 0 Å². The topological polar surface area (TPSA) is 20.2 Å². The molecule has 0 fully saturated rings. The second kappa shape index (κ2) is 24.4. The number of hydrogen-bond donors (Lipinski definition) is 1. The van der Waals surface area contributed by atoms with Crippen molar-refractivity contribution in [1.29, 1.82) is 0 Å². The van der Waals surface area contributed by atoms with Gasteiger partial charge in [0.25, 0.3) is 0 Å². The van der Waals surface area contributed by atoms with Crippen molar-refractivity contribution in [2.75, 3.05) is 0 Å². The molecule has 1 N–H and O–H groups in total. The molecule has 0 aliphatic carbocycles. The van der Waals surface area contributed by atoms with E-state index in [0.717, 1.165) is 0 Å². The Morgan fingerprint density at radius 3 is 1.25 bits per heavy atom. The molecule has 0 atom stereocenters. The quantitative estimate of drug-likeness (QED) is 0.418. The molecule has 0 aromatic heterocycles. The van der Waals surface area contributed by atoms with Crippen molar-refractivity contribution in [3.8, 4) is 0 Å². The van der Waals surface area contributed by atoms with Crippen molar-refractivity contribution in [3.63, 3.8) is 0 Å². The molecule has 0 unspecified atom stereocenters. The Bertz CT molecular complexity index is 8.00. The second-order valence-corrected chi connectivity index (χ2v) is 0. The summed E-state index contributed by atoms with van der Waals surface area (Å²) in [5.74, 6) is 0. The van der Waals surface area contributed by atoms with Gasteiger partial charge in [-0.3, -0.25) is 0 Å². The van der Waals surface area contributed by atoms with Crippen LogP contribution < -0.4 is 0 Å². The standard InChI is InChI=1S/Al.Fe.Ni.H2O.3H/h;;;1H2;;;/q;+1;;;;;/p-1. The van der Waals surface area contributed by atoms with Gasteiger partial charge in [-0.1, -0.05) is 0 Å². The van der Waals surface area contributed by atoms with Crippen LogP contribution in [0, 0.1) is 0 Å². The van der Waals surface area contributed by atoms with Gasteiger partial charge >= 0.3 is 20.5 Å². The van der Waals surface area contributed by atoms with Crippen LogP contribution in [-0.2, 0) is 32.8 Å². The summed E-state index contributed by atoms with van der Waals surface area (Å²) in [6, 6.07) is 0. The van der Waals surface area contributed by atoms with Crippen LogP contribution in [0.2, 0.25) is 0 Å². The molecular weight excluding hydrogens is 158 g/mol. The summed E-state index contributed by atoms with van der Waals surface area (Å²) in [4.78, 5) is 0. The molecule has 0 saturated carbocycles. The van der Waals surface area contributed by atoms with E-state index in [9.17, 15) is 0 Å². The van der Waals surface area contributed by atoms with E-state index in [1.807, 2.05) is 0 Å². The molecule has 0 aliphatic rings. The van der Waals surface area contributed by atoms with Crippen molar-refractivity contribution in [1.82, 2.24) is 0 Å². The van der Waals surface area contributed by atoms with E-state index in [0.29, 0.717) is 0 Å². The molecule has 4 heteroatoms. The van der Waals surface area contributed by atoms with Gasteiger partial charge in [0, 0.05) is 16.5 Å². The van der Waals surface area contributed by atoms with Crippen molar-refractivity contribution in [2.45, 2.75) is 0 Å². The molecule has 0 heterocycles. The third-order valence-corrected chi connectivity index (χ3v) is 0. The zero-order valence-electron chi connectivity index (χ0n) is 1.12. The predicted octanol–water partition coefficient (Wildman–Crippen LogP) is -1.75. The molecule has 4 heavy (non-hydrogen) atoms. The Balaban J connectivity index is -0.00000000500. The van der Waals surface area contributed by atoms with Crippen LogP contribution >= 0.6 is 0 Å². The van der Waals surface area contributed by atoms with Gasteiger partial charge in [0.1, 0.15) is 0 Å². The Morgan fingerprint density at radius 1 is 1.25 bits per heavy atom. The first-order valence-electron chi connectivity index (χ1n) is 0.158. The van der Waals surface area contributed by atoms with Crippen molar-refractivity contribution < 1.29 is 37.0 Å². The summed E-state index contributed by atoms with van der Waals surface area (Å²) >= 11 is 2.25. The fraction of sp³-hybridized carbons (Fsp3) is 0. The first-order chi connectivity index (χ1) is 1.00. The van der Waals surface area contributed by atoms with Crippen molar-refractivity contribution in [3.05, 3.63) is 0 Å². The van der Waals surface area contributed by atoms with Gasteiger partial charge in [-0.15, -0.1) is 0 Å². The van der Waals surface area contributed by atoms with E-state index < -0.39 is 0 Å². The summed E-state index contributed by atoms with van der Waals surface area (Å²) in [5.41, 5.74) is 0. The summed E-state index contributed by atoms with van der Waals surface area (Å²) in [7, 11) is 0. The predicted molar refractivity (Wildman–Crippen MR) is 12.2 cm³/mol. The molecule has 0 radical (unpaired) electrons. The van der Waals surface area contributed by atoms with Gasteiger partial charge in [-0.25, -0.2) is 0 Å². The number of rotatable bonds is 0. The van der Waals surface area contributed by atoms with Gasteiger partial charge in [-0.2, -0.15) is 0 Å². The van der Waals surface area contributed by atoms with E-state index in [1.165, 1.54) is 0 Å². The Kier molecular flexibility index (Phi) is 109. The van der Waals surface area contributed by atoms with Gasteiger partial charge in [0.15, 0.2) is 17.4 Å². The molecular formula is H4AlFeNiO. The normalized spacial score (nSPS) is 1.50. The van der Waals surface area contributed by atoms with Crippen LogP contribution in [0.4, 0.5) is 0 Å². The molecule has 0 amide bonds. The van der Waals surface area contributed by atoms with E-state index in [4.69, 9.17) is 4.19 Å². The van der Waals surface area contributed by atoms with Crippen LogP contribution in [0.1, 0.15) is 0 Å². The van der Waals surface area contributed by atoms with E-state index in [2.05, 4.69) is 16.3 Å². The van der Waals surface area contributed by atoms with Gasteiger partial charge in [0.05, 0.1) is 0 Å². The minimum atomic E-state index is 0. The Morgan fingerprint density at radius 2 is 1.25 bits per heavy atom. The third kappa shape index (κ3) is 9.71. The van der Waals surface area contributed by atoms with Crippen molar-refractivity contribution in [2.24, 2.45) is 0 Å². The molecule has 0 aliphatic heterocycles. The van der Waals surface area contributed by atoms with Gasteiger partial charge in [0.2, 0.25) is 0 Å². The first kappa shape index (κ1) is 17.8. The van der Waals surface area contributed by atoms with Crippen LogP contribution in [0.15, 0.2) is 0 Å². The van der Waals surface area contributed by atoms with Crippen LogP contribution in [0.25, 0.3) is 0 Å².